The van der Waals surface area contributed by atoms with Gasteiger partial charge in [-0.25, -0.2) is 4.98 Å². The lowest BCUT2D eigenvalue weighted by atomic mass is 10.3. The van der Waals surface area contributed by atoms with Crippen molar-refractivity contribution < 1.29 is 9.53 Å². The third-order valence-corrected chi connectivity index (χ3v) is 3.97. The van der Waals surface area contributed by atoms with E-state index < -0.39 is 0 Å². The molecular formula is C15H12ClN3O2S. The number of fused-ring (bicyclic) bond motifs is 1. The number of rotatable bonds is 4. The standard InChI is InChI=1S/C15H12ClN3O2S/c16-9-1-4-11(5-2-9)21-8-14(20)18-10-3-6-12-13(7-10)22-15(17)19-12/h1-7H,8H2,(H2,17,19)(H,18,20). The second-order valence-electron chi connectivity index (χ2n) is 4.53. The number of carbonyl (C=O) groups excluding carboxylic acids is 1. The number of thiazole rings is 1. The van der Waals surface area contributed by atoms with E-state index in [1.165, 1.54) is 11.3 Å². The van der Waals surface area contributed by atoms with Gasteiger partial charge in [-0.1, -0.05) is 22.9 Å². The van der Waals surface area contributed by atoms with Crippen molar-refractivity contribution in [3.05, 3.63) is 47.5 Å². The van der Waals surface area contributed by atoms with Crippen molar-refractivity contribution in [1.82, 2.24) is 4.98 Å². The second-order valence-corrected chi connectivity index (χ2v) is 6.02. The molecule has 7 heteroatoms. The molecule has 1 amide bonds. The molecule has 0 aliphatic heterocycles. The summed E-state index contributed by atoms with van der Waals surface area (Å²) in [5.74, 6) is 0.344. The van der Waals surface area contributed by atoms with E-state index in [0.29, 0.717) is 21.6 Å². The van der Waals surface area contributed by atoms with Gasteiger partial charge in [0.2, 0.25) is 0 Å². The van der Waals surface area contributed by atoms with Crippen LogP contribution in [0.5, 0.6) is 5.75 Å². The number of hydrogen-bond donors (Lipinski definition) is 2. The number of anilines is 2. The Morgan fingerprint density at radius 3 is 2.82 bits per heavy atom. The summed E-state index contributed by atoms with van der Waals surface area (Å²) in [4.78, 5) is 16.1. The molecule has 3 rings (SSSR count). The first-order valence-electron chi connectivity index (χ1n) is 6.44. The molecule has 0 bridgehead atoms. The molecule has 22 heavy (non-hydrogen) atoms. The van der Waals surface area contributed by atoms with Crippen LogP contribution in [0.2, 0.25) is 5.02 Å². The van der Waals surface area contributed by atoms with Gasteiger partial charge in [0.15, 0.2) is 11.7 Å². The molecule has 5 nitrogen and oxygen atoms in total. The Balaban J connectivity index is 1.61. The zero-order chi connectivity index (χ0) is 15.5. The van der Waals surface area contributed by atoms with Gasteiger partial charge in [-0.3, -0.25) is 4.79 Å². The maximum atomic E-state index is 11.9. The van der Waals surface area contributed by atoms with Gasteiger partial charge < -0.3 is 15.8 Å². The highest BCUT2D eigenvalue weighted by Gasteiger charge is 2.06. The van der Waals surface area contributed by atoms with Gasteiger partial charge in [0.05, 0.1) is 10.2 Å². The summed E-state index contributed by atoms with van der Waals surface area (Å²) in [7, 11) is 0. The van der Waals surface area contributed by atoms with Crippen molar-refractivity contribution in [2.45, 2.75) is 0 Å². The summed E-state index contributed by atoms with van der Waals surface area (Å²) in [6, 6.07) is 12.3. The maximum absolute atomic E-state index is 11.9. The molecule has 0 aliphatic rings. The van der Waals surface area contributed by atoms with E-state index in [0.717, 1.165) is 10.2 Å². The average Bonchev–Trinajstić information content (AvgIpc) is 2.86. The quantitative estimate of drug-likeness (QED) is 0.765. The van der Waals surface area contributed by atoms with E-state index in [1.54, 1.807) is 30.3 Å². The number of nitrogens with two attached hydrogens (primary N) is 1. The lowest BCUT2D eigenvalue weighted by Crippen LogP contribution is -2.20. The third kappa shape index (κ3) is 3.47. The minimum absolute atomic E-state index is 0.0789. The van der Waals surface area contributed by atoms with Crippen LogP contribution >= 0.6 is 22.9 Å². The number of benzene rings is 2. The topological polar surface area (TPSA) is 77.2 Å². The molecular weight excluding hydrogens is 322 g/mol. The molecule has 1 heterocycles. The highest BCUT2D eigenvalue weighted by atomic mass is 35.5. The number of ether oxygens (including phenoxy) is 1. The van der Waals surface area contributed by atoms with E-state index in [2.05, 4.69) is 10.3 Å². The Morgan fingerprint density at radius 1 is 1.27 bits per heavy atom. The summed E-state index contributed by atoms with van der Waals surface area (Å²) in [6.45, 7) is -0.0789. The Bertz CT molecular complexity index is 817. The summed E-state index contributed by atoms with van der Waals surface area (Å²) in [5, 5.41) is 3.90. The van der Waals surface area contributed by atoms with Gasteiger partial charge in [-0.2, -0.15) is 0 Å². The molecule has 0 saturated heterocycles. The number of aromatic nitrogens is 1. The third-order valence-electron chi connectivity index (χ3n) is 2.87. The summed E-state index contributed by atoms with van der Waals surface area (Å²) >= 11 is 7.16. The van der Waals surface area contributed by atoms with E-state index in [4.69, 9.17) is 22.1 Å². The van der Waals surface area contributed by atoms with Gasteiger partial charge in [0.25, 0.3) is 5.91 Å². The molecule has 0 saturated carbocycles. The van der Waals surface area contributed by atoms with E-state index in [1.807, 2.05) is 12.1 Å². The predicted molar refractivity (Wildman–Crippen MR) is 89.6 cm³/mol. The average molecular weight is 334 g/mol. The molecule has 1 aromatic heterocycles. The molecule has 0 spiro atoms. The highest BCUT2D eigenvalue weighted by Crippen LogP contribution is 2.26. The van der Waals surface area contributed by atoms with Gasteiger partial charge in [-0.05, 0) is 42.5 Å². The lowest BCUT2D eigenvalue weighted by Gasteiger charge is -2.07. The van der Waals surface area contributed by atoms with Crippen LogP contribution in [0.1, 0.15) is 0 Å². The first kappa shape index (κ1) is 14.6. The number of nitrogen functional groups attached to an aromatic ring is 1. The Kier molecular flexibility index (Phi) is 4.13. The number of nitrogens with one attached hydrogen (secondary N) is 1. The van der Waals surface area contributed by atoms with E-state index in [-0.39, 0.29) is 12.5 Å². The number of carbonyl (C=O) groups is 1. The normalized spacial score (nSPS) is 10.6. The smallest absolute Gasteiger partial charge is 0.262 e. The highest BCUT2D eigenvalue weighted by molar-refractivity contribution is 7.22. The first-order chi connectivity index (χ1) is 10.6. The molecule has 0 aliphatic carbocycles. The number of amides is 1. The fourth-order valence-corrected chi connectivity index (χ4v) is 2.80. The molecule has 0 atom stereocenters. The van der Waals surface area contributed by atoms with Crippen molar-refractivity contribution in [1.29, 1.82) is 0 Å². The van der Waals surface area contributed by atoms with Gasteiger partial charge >= 0.3 is 0 Å². The summed E-state index contributed by atoms with van der Waals surface area (Å²) < 4.78 is 6.31. The minimum Gasteiger partial charge on any atom is -0.484 e. The lowest BCUT2D eigenvalue weighted by molar-refractivity contribution is -0.118. The fraction of sp³-hybridized carbons (Fsp3) is 0.0667. The van der Waals surface area contributed by atoms with Crippen molar-refractivity contribution in [2.75, 3.05) is 17.7 Å². The number of nitrogens with zero attached hydrogens (tertiary/aromatic N) is 1. The number of halogens is 1. The molecule has 0 unspecified atom stereocenters. The van der Waals surface area contributed by atoms with Gasteiger partial charge in [0.1, 0.15) is 5.75 Å². The molecule has 112 valence electrons. The van der Waals surface area contributed by atoms with Crippen LogP contribution in [0.25, 0.3) is 10.2 Å². The molecule has 0 fully saturated rings. The molecule has 3 N–H and O–H groups in total. The minimum atomic E-state index is -0.244. The maximum Gasteiger partial charge on any atom is 0.262 e. The van der Waals surface area contributed by atoms with Gasteiger partial charge in [-0.15, -0.1) is 0 Å². The zero-order valence-corrected chi connectivity index (χ0v) is 12.9. The van der Waals surface area contributed by atoms with Crippen molar-refractivity contribution in [3.63, 3.8) is 0 Å². The Morgan fingerprint density at radius 2 is 2.05 bits per heavy atom. The summed E-state index contributed by atoms with van der Waals surface area (Å²) in [5.41, 5.74) is 7.15. The van der Waals surface area contributed by atoms with E-state index in [9.17, 15) is 4.79 Å². The van der Waals surface area contributed by atoms with Crippen LogP contribution in [0.15, 0.2) is 42.5 Å². The van der Waals surface area contributed by atoms with Crippen LogP contribution in [0, 0.1) is 0 Å². The van der Waals surface area contributed by atoms with Crippen LogP contribution in [-0.4, -0.2) is 17.5 Å². The monoisotopic (exact) mass is 333 g/mol. The van der Waals surface area contributed by atoms with Crippen LogP contribution in [0.3, 0.4) is 0 Å². The molecule has 0 radical (unpaired) electrons. The predicted octanol–water partition coefficient (Wildman–Crippen LogP) is 3.55. The second kappa shape index (κ2) is 6.21. The Hall–Kier alpha value is -2.31. The van der Waals surface area contributed by atoms with Crippen molar-refractivity contribution in [3.8, 4) is 5.75 Å². The van der Waals surface area contributed by atoms with Crippen molar-refractivity contribution >= 4 is 49.9 Å². The molecule has 3 aromatic rings. The Labute approximate surface area is 135 Å². The van der Waals surface area contributed by atoms with Crippen LogP contribution in [0.4, 0.5) is 10.8 Å². The fourth-order valence-electron chi connectivity index (χ4n) is 1.90. The van der Waals surface area contributed by atoms with Crippen molar-refractivity contribution in [2.24, 2.45) is 0 Å². The van der Waals surface area contributed by atoms with Gasteiger partial charge in [0, 0.05) is 10.7 Å². The largest absolute Gasteiger partial charge is 0.484 e. The number of hydrogen-bond acceptors (Lipinski definition) is 5. The SMILES string of the molecule is Nc1nc2ccc(NC(=O)COc3ccc(Cl)cc3)cc2s1. The van der Waals surface area contributed by atoms with Crippen LogP contribution < -0.4 is 15.8 Å². The first-order valence-corrected chi connectivity index (χ1v) is 7.64. The summed E-state index contributed by atoms with van der Waals surface area (Å²) in [6.07, 6.45) is 0. The zero-order valence-electron chi connectivity index (χ0n) is 11.4. The van der Waals surface area contributed by atoms with E-state index >= 15 is 0 Å². The molecule has 2 aromatic carbocycles. The van der Waals surface area contributed by atoms with Crippen LogP contribution in [-0.2, 0) is 4.79 Å².